The average Bonchev–Trinajstić information content (AvgIpc) is 3.27. The summed E-state index contributed by atoms with van der Waals surface area (Å²) >= 11 is 8.45. The fourth-order valence-electron chi connectivity index (χ4n) is 2.38. The Morgan fingerprint density at radius 1 is 1.04 bits per heavy atom. The van der Waals surface area contributed by atoms with Gasteiger partial charge in [0.1, 0.15) is 16.5 Å². The van der Waals surface area contributed by atoms with Gasteiger partial charge >= 0.3 is 0 Å². The van der Waals surface area contributed by atoms with Crippen molar-refractivity contribution >= 4 is 39.9 Å². The molecule has 0 spiro atoms. The number of aromatic nitrogens is 1. The predicted molar refractivity (Wildman–Crippen MR) is 107 cm³/mol. The first-order valence-corrected chi connectivity index (χ1v) is 9.54. The molecule has 0 aliphatic carbocycles. The Morgan fingerprint density at radius 2 is 1.72 bits per heavy atom. The van der Waals surface area contributed by atoms with Gasteiger partial charge in [0.2, 0.25) is 5.05 Å². The van der Waals surface area contributed by atoms with Crippen molar-refractivity contribution in [1.29, 1.82) is 0 Å². The lowest BCUT2D eigenvalue weighted by atomic mass is 10.1. The second-order valence-corrected chi connectivity index (χ2v) is 7.70. The summed E-state index contributed by atoms with van der Waals surface area (Å²) in [6.45, 7) is 2.07. The van der Waals surface area contributed by atoms with Crippen LogP contribution in [0.15, 0.2) is 29.6 Å². The average molecular weight is 392 g/mol. The van der Waals surface area contributed by atoms with Crippen LogP contribution in [-0.4, -0.2) is 31.4 Å². The van der Waals surface area contributed by atoms with Crippen LogP contribution < -0.4 is 9.47 Å². The molecule has 0 atom stereocenters. The number of ether oxygens (including phenoxy) is 3. The number of hydrogen-bond acceptors (Lipinski definition) is 7. The number of hydrogen-bond donors (Lipinski definition) is 0. The number of thiocarbonyl (C=S) groups is 1. The molecule has 0 amide bonds. The van der Waals surface area contributed by atoms with E-state index in [0.29, 0.717) is 5.05 Å². The van der Waals surface area contributed by atoms with Gasteiger partial charge < -0.3 is 14.2 Å². The smallest absolute Gasteiger partial charge is 0.201 e. The molecule has 0 fully saturated rings. The number of thiazole rings is 1. The van der Waals surface area contributed by atoms with Crippen LogP contribution >= 0.6 is 34.9 Å². The molecular weight excluding hydrogens is 374 g/mol. The lowest BCUT2D eigenvalue weighted by Gasteiger charge is -2.06. The molecule has 7 heteroatoms. The van der Waals surface area contributed by atoms with Crippen molar-refractivity contribution < 1.29 is 14.2 Å². The third kappa shape index (κ3) is 3.68. The molecular formula is C18H17NO3S3. The van der Waals surface area contributed by atoms with Crippen LogP contribution in [0.25, 0.3) is 21.8 Å². The standard InChI is InChI=1S/C18H17NO3S3/c1-10-14(8-16(25-10)18(23)22-4)17-19-15(9-24-17)11-5-12(20-2)7-13(6-11)21-3/h5-9H,1-4H3. The quantitative estimate of drug-likeness (QED) is 0.560. The zero-order valence-electron chi connectivity index (χ0n) is 14.3. The summed E-state index contributed by atoms with van der Waals surface area (Å²) in [5, 5.41) is 3.50. The largest absolute Gasteiger partial charge is 0.497 e. The van der Waals surface area contributed by atoms with Crippen LogP contribution in [0.3, 0.4) is 0 Å². The van der Waals surface area contributed by atoms with E-state index in [1.165, 1.54) is 4.88 Å². The van der Waals surface area contributed by atoms with Gasteiger partial charge in [0.15, 0.2) is 0 Å². The summed E-state index contributed by atoms with van der Waals surface area (Å²) in [4.78, 5) is 6.91. The van der Waals surface area contributed by atoms with E-state index in [1.807, 2.05) is 29.6 Å². The molecule has 0 radical (unpaired) electrons. The van der Waals surface area contributed by atoms with Gasteiger partial charge in [-0.2, -0.15) is 0 Å². The van der Waals surface area contributed by atoms with Gasteiger partial charge in [-0.1, -0.05) is 0 Å². The molecule has 2 heterocycles. The molecule has 25 heavy (non-hydrogen) atoms. The lowest BCUT2D eigenvalue weighted by Crippen LogP contribution is -1.94. The van der Waals surface area contributed by atoms with Gasteiger partial charge in [-0.15, -0.1) is 22.7 Å². The fraction of sp³-hybridized carbons (Fsp3) is 0.222. The Kier molecular flexibility index (Phi) is 5.36. The lowest BCUT2D eigenvalue weighted by molar-refractivity contribution is 0.394. The van der Waals surface area contributed by atoms with Crippen molar-refractivity contribution in [2.24, 2.45) is 0 Å². The first-order valence-electron chi connectivity index (χ1n) is 7.43. The van der Waals surface area contributed by atoms with E-state index < -0.39 is 0 Å². The Hall–Kier alpha value is -1.96. The Bertz CT molecular complexity index is 892. The van der Waals surface area contributed by atoms with E-state index >= 15 is 0 Å². The second-order valence-electron chi connectivity index (χ2n) is 5.21. The van der Waals surface area contributed by atoms with Crippen LogP contribution in [0.5, 0.6) is 11.5 Å². The van der Waals surface area contributed by atoms with Crippen molar-refractivity contribution in [2.75, 3.05) is 21.3 Å². The van der Waals surface area contributed by atoms with Crippen molar-refractivity contribution in [3.8, 4) is 33.3 Å². The molecule has 0 aliphatic rings. The fourth-order valence-corrected chi connectivity index (χ4v) is 4.47. The maximum Gasteiger partial charge on any atom is 0.201 e. The Labute approximate surface area is 160 Å². The minimum absolute atomic E-state index is 0.508. The van der Waals surface area contributed by atoms with E-state index in [9.17, 15) is 0 Å². The van der Waals surface area contributed by atoms with Gasteiger partial charge in [-0.25, -0.2) is 4.98 Å². The topological polar surface area (TPSA) is 40.6 Å². The second kappa shape index (κ2) is 7.51. The third-order valence-corrected chi connectivity index (χ3v) is 6.13. The van der Waals surface area contributed by atoms with E-state index in [2.05, 4.69) is 6.92 Å². The highest BCUT2D eigenvalue weighted by Gasteiger charge is 2.15. The summed E-state index contributed by atoms with van der Waals surface area (Å²) in [5.41, 5.74) is 2.93. The molecule has 4 nitrogen and oxygen atoms in total. The third-order valence-electron chi connectivity index (χ3n) is 3.69. The van der Waals surface area contributed by atoms with E-state index in [-0.39, 0.29) is 0 Å². The molecule has 0 aliphatic heterocycles. The van der Waals surface area contributed by atoms with Gasteiger partial charge in [0, 0.05) is 27.5 Å². The monoisotopic (exact) mass is 391 g/mol. The summed E-state index contributed by atoms with van der Waals surface area (Å²) in [6.07, 6.45) is 0. The molecule has 0 unspecified atom stereocenters. The van der Waals surface area contributed by atoms with Crippen molar-refractivity contribution in [3.63, 3.8) is 0 Å². The predicted octanol–water partition coefficient (Wildman–Crippen LogP) is 5.19. The molecule has 0 saturated heterocycles. The number of nitrogens with zero attached hydrogens (tertiary/aromatic N) is 1. The van der Waals surface area contributed by atoms with Crippen molar-refractivity contribution in [1.82, 2.24) is 4.98 Å². The summed E-state index contributed by atoms with van der Waals surface area (Å²) < 4.78 is 15.8. The molecule has 3 rings (SSSR count). The molecule has 0 bridgehead atoms. The number of rotatable bonds is 5. The van der Waals surface area contributed by atoms with Gasteiger partial charge in [0.05, 0.1) is 31.9 Å². The maximum absolute atomic E-state index is 5.34. The number of thiophene rings is 1. The normalized spacial score (nSPS) is 10.6. The van der Waals surface area contributed by atoms with E-state index in [1.54, 1.807) is 44.0 Å². The highest BCUT2D eigenvalue weighted by atomic mass is 32.1. The van der Waals surface area contributed by atoms with E-state index in [0.717, 1.165) is 38.2 Å². The molecule has 1 aromatic carbocycles. The molecule has 130 valence electrons. The minimum Gasteiger partial charge on any atom is -0.497 e. The van der Waals surface area contributed by atoms with Gasteiger partial charge in [0.25, 0.3) is 0 Å². The highest BCUT2D eigenvalue weighted by Crippen LogP contribution is 2.37. The van der Waals surface area contributed by atoms with Crippen molar-refractivity contribution in [3.05, 3.63) is 39.4 Å². The summed E-state index contributed by atoms with van der Waals surface area (Å²) in [6, 6.07) is 7.79. The van der Waals surface area contributed by atoms with Crippen LogP contribution in [0, 0.1) is 6.92 Å². The summed E-state index contributed by atoms with van der Waals surface area (Å²) in [5.74, 6) is 1.48. The van der Waals surface area contributed by atoms with Gasteiger partial charge in [-0.3, -0.25) is 0 Å². The maximum atomic E-state index is 5.34. The van der Waals surface area contributed by atoms with Crippen LogP contribution in [0.4, 0.5) is 0 Å². The number of methoxy groups -OCH3 is 3. The van der Waals surface area contributed by atoms with Gasteiger partial charge in [-0.05, 0) is 37.3 Å². The molecule has 3 aromatic rings. The molecule has 0 N–H and O–H groups in total. The van der Waals surface area contributed by atoms with Crippen LogP contribution in [0.1, 0.15) is 9.75 Å². The first-order chi connectivity index (χ1) is 12.0. The highest BCUT2D eigenvalue weighted by molar-refractivity contribution is 7.80. The van der Waals surface area contributed by atoms with E-state index in [4.69, 9.17) is 31.4 Å². The number of aryl methyl sites for hydroxylation is 1. The summed E-state index contributed by atoms with van der Waals surface area (Å²) in [7, 11) is 4.87. The Morgan fingerprint density at radius 3 is 2.32 bits per heavy atom. The van der Waals surface area contributed by atoms with Crippen LogP contribution in [0.2, 0.25) is 0 Å². The Balaban J connectivity index is 1.98. The molecule has 2 aromatic heterocycles. The first kappa shape index (κ1) is 17.8. The van der Waals surface area contributed by atoms with Crippen LogP contribution in [-0.2, 0) is 4.74 Å². The zero-order valence-corrected chi connectivity index (χ0v) is 16.7. The molecule has 0 saturated carbocycles. The minimum atomic E-state index is 0.508. The number of benzene rings is 1. The van der Waals surface area contributed by atoms with Crippen molar-refractivity contribution in [2.45, 2.75) is 6.92 Å². The SMILES string of the molecule is COC(=S)c1cc(-c2nc(-c3cc(OC)cc(OC)c3)cs2)c(C)s1. The zero-order chi connectivity index (χ0) is 18.0.